The van der Waals surface area contributed by atoms with Gasteiger partial charge in [0.25, 0.3) is 10.0 Å². The van der Waals surface area contributed by atoms with Crippen molar-refractivity contribution in [2.75, 3.05) is 4.72 Å². The lowest BCUT2D eigenvalue weighted by Crippen LogP contribution is -2.17. The molecule has 0 spiro atoms. The third-order valence-electron chi connectivity index (χ3n) is 1.82. The Morgan fingerprint density at radius 2 is 2.11 bits per heavy atom. The number of nitrogens with zero attached hydrogens (tertiary/aromatic N) is 3. The van der Waals surface area contributed by atoms with Gasteiger partial charge in [-0.2, -0.15) is 8.42 Å². The number of halogens is 2. The van der Waals surface area contributed by atoms with Crippen LogP contribution in [0.15, 0.2) is 35.7 Å². The van der Waals surface area contributed by atoms with Crippen molar-refractivity contribution in [3.8, 4) is 0 Å². The zero-order valence-corrected chi connectivity index (χ0v) is 10.3. The molecule has 0 aromatic carbocycles. The summed E-state index contributed by atoms with van der Waals surface area (Å²) in [5.41, 5.74) is 0. The minimum Gasteiger partial charge on any atom is -0.261 e. The lowest BCUT2D eigenvalue weighted by Gasteiger charge is -2.06. The lowest BCUT2D eigenvalue weighted by molar-refractivity contribution is 0.556. The van der Waals surface area contributed by atoms with Crippen molar-refractivity contribution in [1.29, 1.82) is 0 Å². The molecule has 0 aliphatic carbocycles. The highest BCUT2D eigenvalue weighted by atomic mass is 35.5. The first-order valence-electron chi connectivity index (χ1n) is 4.60. The molecule has 0 saturated heterocycles. The van der Waals surface area contributed by atoms with Gasteiger partial charge < -0.3 is 0 Å². The third kappa shape index (κ3) is 2.71. The summed E-state index contributed by atoms with van der Waals surface area (Å²) in [7, 11) is -4.16. The van der Waals surface area contributed by atoms with Crippen molar-refractivity contribution in [3.05, 3.63) is 41.7 Å². The number of nitrogens with one attached hydrogen (secondary N) is 1. The average Bonchev–Trinajstić information content (AvgIpc) is 2.28. The van der Waals surface area contributed by atoms with Gasteiger partial charge in [0, 0.05) is 6.20 Å². The number of hydrogen-bond donors (Lipinski definition) is 1. The van der Waals surface area contributed by atoms with Crippen molar-refractivity contribution >= 4 is 27.4 Å². The van der Waals surface area contributed by atoms with Gasteiger partial charge >= 0.3 is 0 Å². The summed E-state index contributed by atoms with van der Waals surface area (Å²) in [6, 6.07) is 2.28. The first kappa shape index (κ1) is 12.7. The lowest BCUT2D eigenvalue weighted by atomic mass is 10.5. The van der Waals surface area contributed by atoms with Gasteiger partial charge in [0.15, 0.2) is 11.6 Å². The van der Waals surface area contributed by atoms with Crippen molar-refractivity contribution in [2.45, 2.75) is 5.03 Å². The second-order valence-electron chi connectivity index (χ2n) is 3.12. The monoisotopic (exact) mass is 288 g/mol. The van der Waals surface area contributed by atoms with Gasteiger partial charge in [0.2, 0.25) is 5.03 Å². The summed E-state index contributed by atoms with van der Waals surface area (Å²) in [5.74, 6) is -1.08. The third-order valence-corrected chi connectivity index (χ3v) is 3.29. The molecule has 2 aromatic rings. The van der Waals surface area contributed by atoms with Gasteiger partial charge in [-0.25, -0.2) is 14.4 Å². The molecule has 1 N–H and O–H groups in total. The first-order chi connectivity index (χ1) is 8.49. The molecule has 0 atom stereocenters. The van der Waals surface area contributed by atoms with E-state index in [9.17, 15) is 12.8 Å². The van der Waals surface area contributed by atoms with E-state index in [1.165, 1.54) is 18.5 Å². The SMILES string of the molecule is O=S(=O)(Nc1cncc(Cl)n1)c1ncccc1F. The van der Waals surface area contributed by atoms with E-state index in [1.54, 1.807) is 0 Å². The predicted octanol–water partition coefficient (Wildman–Crippen LogP) is 1.46. The molecule has 18 heavy (non-hydrogen) atoms. The zero-order chi connectivity index (χ0) is 13.2. The number of anilines is 1. The molecule has 0 aliphatic rings. The van der Waals surface area contributed by atoms with Gasteiger partial charge in [-0.3, -0.25) is 9.71 Å². The molecule has 0 radical (unpaired) electrons. The Morgan fingerprint density at radius 1 is 1.33 bits per heavy atom. The second kappa shape index (κ2) is 4.83. The van der Waals surface area contributed by atoms with Crippen molar-refractivity contribution in [2.24, 2.45) is 0 Å². The molecule has 0 unspecified atom stereocenters. The Bertz CT molecular complexity index is 680. The van der Waals surface area contributed by atoms with E-state index < -0.39 is 20.9 Å². The highest BCUT2D eigenvalue weighted by molar-refractivity contribution is 7.92. The van der Waals surface area contributed by atoms with Crippen LogP contribution < -0.4 is 4.72 Å². The maximum atomic E-state index is 13.3. The highest BCUT2D eigenvalue weighted by Gasteiger charge is 2.21. The van der Waals surface area contributed by atoms with E-state index in [1.807, 2.05) is 4.72 Å². The summed E-state index contributed by atoms with van der Waals surface area (Å²) in [5, 5.41) is -0.705. The summed E-state index contributed by atoms with van der Waals surface area (Å²) in [4.78, 5) is 10.8. The molecule has 0 amide bonds. The molecule has 0 aliphatic heterocycles. The van der Waals surface area contributed by atoms with E-state index in [4.69, 9.17) is 11.6 Å². The van der Waals surface area contributed by atoms with E-state index in [2.05, 4.69) is 15.0 Å². The second-order valence-corrected chi connectivity index (χ2v) is 5.11. The number of aromatic nitrogens is 3. The van der Waals surface area contributed by atoms with Crippen LogP contribution in [0.1, 0.15) is 0 Å². The van der Waals surface area contributed by atoms with Crippen molar-refractivity contribution in [1.82, 2.24) is 15.0 Å². The van der Waals surface area contributed by atoms with Gasteiger partial charge in [-0.05, 0) is 12.1 Å². The Labute approximate surface area is 107 Å². The largest absolute Gasteiger partial charge is 0.283 e. The quantitative estimate of drug-likeness (QED) is 0.924. The first-order valence-corrected chi connectivity index (χ1v) is 6.46. The van der Waals surface area contributed by atoms with Crippen LogP contribution in [-0.4, -0.2) is 23.4 Å². The average molecular weight is 289 g/mol. The fourth-order valence-corrected chi connectivity index (χ4v) is 2.29. The van der Waals surface area contributed by atoms with Crippen molar-refractivity contribution in [3.63, 3.8) is 0 Å². The Hall–Kier alpha value is -1.80. The molecule has 2 heterocycles. The van der Waals surface area contributed by atoms with E-state index in [0.717, 1.165) is 12.3 Å². The number of rotatable bonds is 3. The normalized spacial score (nSPS) is 11.2. The summed E-state index contributed by atoms with van der Waals surface area (Å²) in [6.45, 7) is 0. The molecule has 9 heteroatoms. The minimum atomic E-state index is -4.16. The fourth-order valence-electron chi connectivity index (χ4n) is 1.15. The Morgan fingerprint density at radius 3 is 2.78 bits per heavy atom. The van der Waals surface area contributed by atoms with Crippen LogP contribution in [-0.2, 0) is 10.0 Å². The van der Waals surface area contributed by atoms with Gasteiger partial charge in [-0.1, -0.05) is 11.6 Å². The summed E-state index contributed by atoms with van der Waals surface area (Å²) >= 11 is 5.55. The number of hydrogen-bond acceptors (Lipinski definition) is 5. The van der Waals surface area contributed by atoms with Crippen LogP contribution >= 0.6 is 11.6 Å². The van der Waals surface area contributed by atoms with Crippen LogP contribution in [0, 0.1) is 5.82 Å². The summed E-state index contributed by atoms with van der Waals surface area (Å²) in [6.07, 6.45) is 3.55. The van der Waals surface area contributed by atoms with Gasteiger partial charge in [0.05, 0.1) is 12.4 Å². The molecule has 2 rings (SSSR count). The molecule has 2 aromatic heterocycles. The van der Waals surface area contributed by atoms with Crippen LogP contribution in [0.25, 0.3) is 0 Å². The number of sulfonamides is 1. The van der Waals surface area contributed by atoms with Crippen molar-refractivity contribution < 1.29 is 12.8 Å². The molecule has 94 valence electrons. The van der Waals surface area contributed by atoms with Crippen LogP contribution in [0.3, 0.4) is 0 Å². The molecule has 0 bridgehead atoms. The molecule has 6 nitrogen and oxygen atoms in total. The van der Waals surface area contributed by atoms with E-state index in [-0.39, 0.29) is 11.0 Å². The Balaban J connectivity index is 2.37. The van der Waals surface area contributed by atoms with Gasteiger partial charge in [0.1, 0.15) is 5.15 Å². The van der Waals surface area contributed by atoms with E-state index >= 15 is 0 Å². The van der Waals surface area contributed by atoms with Crippen LogP contribution in [0.5, 0.6) is 0 Å². The maximum Gasteiger partial charge on any atom is 0.283 e. The maximum absolute atomic E-state index is 13.3. The predicted molar refractivity (Wildman–Crippen MR) is 62.0 cm³/mol. The fraction of sp³-hybridized carbons (Fsp3) is 0. The molecular formula is C9H6ClFN4O2S. The van der Waals surface area contributed by atoms with Crippen LogP contribution in [0.2, 0.25) is 5.15 Å². The molecular weight excluding hydrogens is 283 g/mol. The standard InChI is InChI=1S/C9H6ClFN4O2S/c10-7-4-12-5-8(14-7)15-18(16,17)9-6(11)2-1-3-13-9/h1-5H,(H,14,15). The number of pyridine rings is 1. The highest BCUT2D eigenvalue weighted by Crippen LogP contribution is 2.15. The van der Waals surface area contributed by atoms with Gasteiger partial charge in [-0.15, -0.1) is 0 Å². The zero-order valence-electron chi connectivity index (χ0n) is 8.71. The van der Waals surface area contributed by atoms with Crippen LogP contribution in [0.4, 0.5) is 10.2 Å². The minimum absolute atomic E-state index is 0.0108. The Kier molecular flexibility index (Phi) is 3.39. The summed E-state index contributed by atoms with van der Waals surface area (Å²) < 4.78 is 39.0. The van der Waals surface area contributed by atoms with E-state index in [0.29, 0.717) is 0 Å². The smallest absolute Gasteiger partial charge is 0.261 e. The molecule has 0 fully saturated rings. The molecule has 0 saturated carbocycles. The topological polar surface area (TPSA) is 84.8 Å².